The largest absolute Gasteiger partial charge is 0.347 e. The number of halogens is 1. The van der Waals surface area contributed by atoms with E-state index in [1.54, 1.807) is 24.3 Å². The maximum Gasteiger partial charge on any atom is 0.269 e. The van der Waals surface area contributed by atoms with Gasteiger partial charge >= 0.3 is 0 Å². The van der Waals surface area contributed by atoms with Crippen LogP contribution < -0.4 is 16.0 Å². The molecule has 3 aromatic rings. The van der Waals surface area contributed by atoms with Crippen LogP contribution in [0, 0.1) is 0 Å². The van der Waals surface area contributed by atoms with E-state index in [9.17, 15) is 9.59 Å². The average molecular weight is 446 g/mol. The zero-order valence-electron chi connectivity index (χ0n) is 16.1. The lowest BCUT2D eigenvalue weighted by molar-refractivity contribution is 0.0919. The summed E-state index contributed by atoms with van der Waals surface area (Å²) in [6.07, 6.45) is 0. The fraction of sp³-hybridized carbons (Fsp3) is 0.190. The van der Waals surface area contributed by atoms with E-state index in [-0.39, 0.29) is 16.6 Å². The van der Waals surface area contributed by atoms with Crippen molar-refractivity contribution in [3.8, 4) is 0 Å². The molecule has 0 saturated heterocycles. The molecule has 1 aromatic heterocycles. The first-order chi connectivity index (χ1) is 13.7. The van der Waals surface area contributed by atoms with Gasteiger partial charge in [0, 0.05) is 15.6 Å². The van der Waals surface area contributed by atoms with Gasteiger partial charge in [-0.3, -0.25) is 14.9 Å². The smallest absolute Gasteiger partial charge is 0.269 e. The van der Waals surface area contributed by atoms with Crippen molar-refractivity contribution in [2.24, 2.45) is 0 Å². The number of amides is 2. The second kappa shape index (κ2) is 8.49. The Morgan fingerprint density at radius 1 is 1.00 bits per heavy atom. The van der Waals surface area contributed by atoms with Gasteiger partial charge < -0.3 is 10.6 Å². The van der Waals surface area contributed by atoms with E-state index in [4.69, 9.17) is 23.8 Å². The van der Waals surface area contributed by atoms with Gasteiger partial charge in [0.1, 0.15) is 4.88 Å². The monoisotopic (exact) mass is 445 g/mol. The molecule has 3 N–H and O–H groups in total. The minimum atomic E-state index is -0.398. The van der Waals surface area contributed by atoms with Crippen LogP contribution in [-0.4, -0.2) is 22.5 Å². The van der Waals surface area contributed by atoms with Gasteiger partial charge in [0.25, 0.3) is 11.8 Å². The molecule has 3 rings (SSSR count). The van der Waals surface area contributed by atoms with Gasteiger partial charge in [-0.15, -0.1) is 11.3 Å². The van der Waals surface area contributed by atoms with Crippen LogP contribution in [0.15, 0.2) is 48.5 Å². The molecule has 8 heteroatoms. The van der Waals surface area contributed by atoms with Crippen molar-refractivity contribution in [3.63, 3.8) is 0 Å². The Labute approximate surface area is 183 Å². The lowest BCUT2D eigenvalue weighted by Crippen LogP contribution is -2.41. The molecule has 2 amide bonds. The third-order valence-corrected chi connectivity index (χ3v) is 5.75. The lowest BCUT2D eigenvalue weighted by Gasteiger charge is -2.21. The summed E-state index contributed by atoms with van der Waals surface area (Å²) in [6.45, 7) is 5.71. The summed E-state index contributed by atoms with van der Waals surface area (Å²) in [7, 11) is 0. The van der Waals surface area contributed by atoms with Crippen molar-refractivity contribution in [1.29, 1.82) is 0 Å². The molecule has 0 saturated carbocycles. The predicted octanol–water partition coefficient (Wildman–Crippen LogP) is 5.21. The normalized spacial score (nSPS) is 11.2. The van der Waals surface area contributed by atoms with Crippen molar-refractivity contribution < 1.29 is 9.59 Å². The molecule has 0 spiro atoms. The molecule has 0 aliphatic heterocycles. The van der Waals surface area contributed by atoms with Crippen molar-refractivity contribution in [3.05, 3.63) is 64.0 Å². The van der Waals surface area contributed by atoms with E-state index in [2.05, 4.69) is 16.0 Å². The fourth-order valence-corrected chi connectivity index (χ4v) is 4.29. The molecule has 0 atom stereocenters. The van der Waals surface area contributed by atoms with Crippen molar-refractivity contribution in [2.75, 3.05) is 5.32 Å². The maximum absolute atomic E-state index is 12.7. The van der Waals surface area contributed by atoms with Gasteiger partial charge in [0.2, 0.25) is 0 Å². The number of para-hydroxylation sites is 1. The maximum atomic E-state index is 12.7. The standard InChI is InChI=1S/C21H20ClN3O2S2/c1-21(2,3)25-18(26)12-8-4-6-10-14(12)23-20(28)24-19(27)17-16(22)13-9-5-7-11-15(13)29-17/h4-11H,1-3H3,(H,25,26)(H2,23,24,27,28). The van der Waals surface area contributed by atoms with Crippen LogP contribution in [0.3, 0.4) is 0 Å². The van der Waals surface area contributed by atoms with E-state index < -0.39 is 5.91 Å². The van der Waals surface area contributed by atoms with Crippen LogP contribution in [0.25, 0.3) is 10.1 Å². The number of thiocarbonyl (C=S) groups is 1. The Morgan fingerprint density at radius 3 is 2.34 bits per heavy atom. The van der Waals surface area contributed by atoms with Crippen LogP contribution in [0.2, 0.25) is 5.02 Å². The number of rotatable bonds is 3. The molecule has 0 fully saturated rings. The van der Waals surface area contributed by atoms with Crippen molar-refractivity contribution in [2.45, 2.75) is 26.3 Å². The number of nitrogens with one attached hydrogen (secondary N) is 3. The number of anilines is 1. The average Bonchev–Trinajstić information content (AvgIpc) is 2.98. The Balaban J connectivity index is 1.75. The lowest BCUT2D eigenvalue weighted by atomic mass is 10.1. The fourth-order valence-electron chi connectivity index (χ4n) is 2.67. The molecular formula is C21H20ClN3O2S2. The van der Waals surface area contributed by atoms with Crippen LogP contribution in [-0.2, 0) is 0 Å². The van der Waals surface area contributed by atoms with Gasteiger partial charge in [-0.1, -0.05) is 41.9 Å². The third kappa shape index (κ3) is 5.12. The Hall–Kier alpha value is -2.48. The van der Waals surface area contributed by atoms with E-state index in [1.807, 2.05) is 45.0 Å². The van der Waals surface area contributed by atoms with Gasteiger partial charge in [-0.25, -0.2) is 0 Å². The first-order valence-corrected chi connectivity index (χ1v) is 10.5. The molecular weight excluding hydrogens is 426 g/mol. The molecule has 0 radical (unpaired) electrons. The van der Waals surface area contributed by atoms with Crippen LogP contribution in [0.4, 0.5) is 5.69 Å². The summed E-state index contributed by atoms with van der Waals surface area (Å²) < 4.78 is 0.922. The van der Waals surface area contributed by atoms with Gasteiger partial charge in [0.05, 0.1) is 16.3 Å². The van der Waals surface area contributed by atoms with E-state index >= 15 is 0 Å². The number of hydrogen-bond acceptors (Lipinski definition) is 4. The molecule has 0 unspecified atom stereocenters. The van der Waals surface area contributed by atoms with Crippen LogP contribution >= 0.6 is 35.2 Å². The topological polar surface area (TPSA) is 70.2 Å². The number of benzene rings is 2. The zero-order valence-corrected chi connectivity index (χ0v) is 18.5. The number of hydrogen-bond donors (Lipinski definition) is 3. The number of carbonyl (C=O) groups excluding carboxylic acids is 2. The first-order valence-electron chi connectivity index (χ1n) is 8.86. The van der Waals surface area contributed by atoms with Gasteiger partial charge in [-0.2, -0.15) is 0 Å². The zero-order chi connectivity index (χ0) is 21.2. The highest BCUT2D eigenvalue weighted by molar-refractivity contribution is 7.80. The molecule has 5 nitrogen and oxygen atoms in total. The summed E-state index contributed by atoms with van der Waals surface area (Å²) in [5, 5.41) is 9.79. The van der Waals surface area contributed by atoms with Crippen molar-refractivity contribution >= 4 is 67.9 Å². The van der Waals surface area contributed by atoms with Crippen molar-refractivity contribution in [1.82, 2.24) is 10.6 Å². The molecule has 0 aliphatic carbocycles. The van der Waals surface area contributed by atoms with Gasteiger partial charge in [0.15, 0.2) is 5.11 Å². The second-order valence-corrected chi connectivity index (χ2v) is 9.24. The van der Waals surface area contributed by atoms with E-state index in [1.165, 1.54) is 11.3 Å². The minimum absolute atomic E-state index is 0.0829. The van der Waals surface area contributed by atoms with Crippen LogP contribution in [0.1, 0.15) is 40.8 Å². The molecule has 0 bridgehead atoms. The Morgan fingerprint density at radius 2 is 1.66 bits per heavy atom. The highest BCUT2D eigenvalue weighted by Gasteiger charge is 2.20. The van der Waals surface area contributed by atoms with E-state index in [0.717, 1.165) is 10.1 Å². The number of carbonyl (C=O) groups is 2. The second-order valence-electron chi connectivity index (χ2n) is 7.40. The van der Waals surface area contributed by atoms with Gasteiger partial charge in [-0.05, 0) is 51.2 Å². The minimum Gasteiger partial charge on any atom is -0.347 e. The summed E-state index contributed by atoms with van der Waals surface area (Å²) in [4.78, 5) is 25.6. The van der Waals surface area contributed by atoms with Crippen LogP contribution in [0.5, 0.6) is 0 Å². The highest BCUT2D eigenvalue weighted by Crippen LogP contribution is 2.35. The molecule has 2 aromatic carbocycles. The third-order valence-electron chi connectivity index (χ3n) is 3.88. The summed E-state index contributed by atoms with van der Waals surface area (Å²) in [5.41, 5.74) is 0.553. The number of thiophene rings is 1. The summed E-state index contributed by atoms with van der Waals surface area (Å²) >= 11 is 12.9. The molecule has 29 heavy (non-hydrogen) atoms. The summed E-state index contributed by atoms with van der Waals surface area (Å²) in [5.74, 6) is -0.632. The Bertz CT molecular complexity index is 1100. The number of fused-ring (bicyclic) bond motifs is 1. The molecule has 150 valence electrons. The highest BCUT2D eigenvalue weighted by atomic mass is 35.5. The first kappa shape index (κ1) is 21.2. The molecule has 0 aliphatic rings. The van der Waals surface area contributed by atoms with E-state index in [0.29, 0.717) is 21.2 Å². The predicted molar refractivity (Wildman–Crippen MR) is 124 cm³/mol. The quantitative estimate of drug-likeness (QED) is 0.484. The SMILES string of the molecule is CC(C)(C)NC(=O)c1ccccc1NC(=S)NC(=O)c1sc2ccccc2c1Cl. The Kier molecular flexibility index (Phi) is 6.21. The molecule has 1 heterocycles. The summed E-state index contributed by atoms with van der Waals surface area (Å²) in [6, 6.07) is 14.5.